The van der Waals surface area contributed by atoms with Crippen LogP contribution < -0.4 is 10.9 Å². The summed E-state index contributed by atoms with van der Waals surface area (Å²) in [4.78, 5) is 14.3. The second kappa shape index (κ2) is 13.1. The van der Waals surface area contributed by atoms with Crippen LogP contribution >= 0.6 is 0 Å². The van der Waals surface area contributed by atoms with Crippen molar-refractivity contribution in [2.75, 3.05) is 45.9 Å². The van der Waals surface area contributed by atoms with Crippen LogP contribution in [0.4, 0.5) is 0 Å². The van der Waals surface area contributed by atoms with Gasteiger partial charge in [0.25, 0.3) is 0 Å². The van der Waals surface area contributed by atoms with Crippen LogP contribution in [0, 0.1) is 11.8 Å². The number of aliphatic hydroxyl groups is 2. The number of aliphatic hydroxyl groups excluding tert-OH is 1. The van der Waals surface area contributed by atoms with Crippen molar-refractivity contribution in [1.29, 1.82) is 0 Å². The van der Waals surface area contributed by atoms with Gasteiger partial charge in [0.1, 0.15) is 24.0 Å². The van der Waals surface area contributed by atoms with Gasteiger partial charge in [-0.2, -0.15) is 0 Å². The maximum absolute atomic E-state index is 12.0. The van der Waals surface area contributed by atoms with Crippen molar-refractivity contribution in [3.63, 3.8) is 0 Å². The van der Waals surface area contributed by atoms with Gasteiger partial charge in [0, 0.05) is 36.8 Å². The second-order valence-electron chi connectivity index (χ2n) is 13.4. The number of hydrogen-bond acceptors (Lipinski definition) is 6. The van der Waals surface area contributed by atoms with E-state index in [4.69, 9.17) is 4.74 Å². The summed E-state index contributed by atoms with van der Waals surface area (Å²) < 4.78 is 7.81. The first-order valence-corrected chi connectivity index (χ1v) is 16.4. The first-order chi connectivity index (χ1) is 20.9. The molecule has 5 N–H and O–H groups in total. The molecule has 2 aromatic carbocycles. The molecule has 3 saturated heterocycles. The number of aromatic amines is 1. The first kappa shape index (κ1) is 30.3. The molecule has 7 rings (SSSR count). The molecule has 0 amide bonds. The van der Waals surface area contributed by atoms with Crippen LogP contribution in [-0.2, 0) is 10.3 Å². The van der Waals surface area contributed by atoms with Gasteiger partial charge in [-0.25, -0.2) is 0 Å². The van der Waals surface area contributed by atoms with Crippen LogP contribution in [0.5, 0.6) is 5.75 Å². The lowest BCUT2D eigenvalue weighted by Crippen LogP contribution is -2.64. The van der Waals surface area contributed by atoms with E-state index in [9.17, 15) is 20.1 Å². The molecule has 1 saturated carbocycles. The number of benzene rings is 2. The minimum absolute atomic E-state index is 0.000753. The average molecular weight is 591 g/mol. The van der Waals surface area contributed by atoms with E-state index in [2.05, 4.69) is 22.4 Å². The Labute approximate surface area is 254 Å². The third kappa shape index (κ3) is 6.54. The summed E-state index contributed by atoms with van der Waals surface area (Å²) in [5, 5.41) is 37.0. The number of fused-ring (bicyclic) bond motifs is 4. The summed E-state index contributed by atoms with van der Waals surface area (Å²) in [5.74, 6) is 0.863. The van der Waals surface area contributed by atoms with Gasteiger partial charge in [-0.1, -0.05) is 49.2 Å². The third-order valence-corrected chi connectivity index (χ3v) is 10.7. The topological polar surface area (TPSA) is 115 Å². The molecule has 0 radical (unpaired) electrons. The first-order valence-electron chi connectivity index (χ1n) is 16.4. The molecule has 8 heteroatoms. The van der Waals surface area contributed by atoms with Crippen molar-refractivity contribution < 1.29 is 24.5 Å². The number of hydrogen-bond donors (Lipinski definition) is 5. The van der Waals surface area contributed by atoms with Gasteiger partial charge in [0.2, 0.25) is 5.56 Å². The van der Waals surface area contributed by atoms with Gasteiger partial charge >= 0.3 is 0 Å². The zero-order chi connectivity index (χ0) is 29.9. The number of pyridine rings is 1. The van der Waals surface area contributed by atoms with Crippen LogP contribution in [-0.4, -0.2) is 76.8 Å². The van der Waals surface area contributed by atoms with Crippen molar-refractivity contribution in [2.24, 2.45) is 11.8 Å². The van der Waals surface area contributed by atoms with Gasteiger partial charge < -0.3 is 34.8 Å². The summed E-state index contributed by atoms with van der Waals surface area (Å²) >= 11 is 0. The second-order valence-corrected chi connectivity index (χ2v) is 13.4. The Morgan fingerprint density at radius 2 is 1.77 bits per heavy atom. The predicted molar refractivity (Wildman–Crippen MR) is 168 cm³/mol. The van der Waals surface area contributed by atoms with E-state index in [1.165, 1.54) is 50.9 Å². The normalized spacial score (nSPS) is 26.1. The summed E-state index contributed by atoms with van der Waals surface area (Å²) in [6.45, 7) is 6.23. The summed E-state index contributed by atoms with van der Waals surface area (Å²) in [6.07, 6.45) is 8.53. The molecular weight excluding hydrogens is 542 g/mol. The number of phenols is 1. The Kier molecular flexibility index (Phi) is 9.21. The maximum atomic E-state index is 12.0. The Hall–Kier alpha value is -2.75. The number of unbranched alkanes of at least 4 members (excludes halogenated alkanes) is 1. The predicted octanol–water partition coefficient (Wildman–Crippen LogP) is 4.34. The van der Waals surface area contributed by atoms with E-state index < -0.39 is 11.7 Å². The highest BCUT2D eigenvalue weighted by Crippen LogP contribution is 2.42. The molecular formula is C35H48N3O5+. The number of rotatable bonds is 13. The van der Waals surface area contributed by atoms with Gasteiger partial charge in [0.05, 0.1) is 37.9 Å². The Morgan fingerprint density at radius 3 is 2.53 bits per heavy atom. The number of ether oxygens (including phenoxy) is 1. The zero-order valence-electron chi connectivity index (χ0n) is 25.2. The van der Waals surface area contributed by atoms with E-state index in [0.717, 1.165) is 55.4 Å². The molecule has 3 aromatic rings. The Bertz CT molecular complexity index is 1410. The molecule has 4 aliphatic rings. The van der Waals surface area contributed by atoms with Gasteiger partial charge in [-0.15, -0.1) is 0 Å². The van der Waals surface area contributed by atoms with E-state index in [1.54, 1.807) is 12.1 Å². The van der Waals surface area contributed by atoms with Gasteiger partial charge in [-0.3, -0.25) is 4.79 Å². The van der Waals surface area contributed by atoms with E-state index in [0.29, 0.717) is 35.5 Å². The zero-order valence-corrected chi connectivity index (χ0v) is 25.2. The fourth-order valence-corrected chi connectivity index (χ4v) is 8.12. The summed E-state index contributed by atoms with van der Waals surface area (Å²) in [5.41, 5.74) is 0.845. The quantitative estimate of drug-likeness (QED) is 0.150. The number of H-pyrrole nitrogens is 1. The van der Waals surface area contributed by atoms with E-state index in [1.807, 2.05) is 18.2 Å². The lowest BCUT2D eigenvalue weighted by Gasteiger charge is -2.53. The SMILES string of the molecule is O=c1ccc2c([C@@H](O)CNCCCC[N+]34CCC(CC3)[C@@H](OCC(O)(c3ccccc3)C3CCCC3)C4)ccc(O)c2[nH]1. The molecule has 3 aliphatic heterocycles. The van der Waals surface area contributed by atoms with Gasteiger partial charge in [-0.05, 0) is 61.4 Å². The van der Waals surface area contributed by atoms with Crippen molar-refractivity contribution in [3.8, 4) is 5.75 Å². The monoisotopic (exact) mass is 590 g/mol. The minimum Gasteiger partial charge on any atom is -0.506 e. The molecule has 3 atom stereocenters. The molecule has 1 aromatic heterocycles. The summed E-state index contributed by atoms with van der Waals surface area (Å²) in [6, 6.07) is 16.5. The fourth-order valence-electron chi connectivity index (χ4n) is 8.12. The van der Waals surface area contributed by atoms with Crippen LogP contribution in [0.1, 0.15) is 68.6 Å². The largest absolute Gasteiger partial charge is 0.506 e. The molecule has 4 fully saturated rings. The number of phenolic OH excluding ortho intramolecular Hbond substituents is 1. The minimum atomic E-state index is -0.908. The number of nitrogens with one attached hydrogen (secondary N) is 2. The van der Waals surface area contributed by atoms with Crippen LogP contribution in [0.2, 0.25) is 0 Å². The molecule has 0 spiro atoms. The van der Waals surface area contributed by atoms with Crippen molar-refractivity contribution in [3.05, 3.63) is 76.1 Å². The van der Waals surface area contributed by atoms with Crippen molar-refractivity contribution in [2.45, 2.75) is 69.2 Å². The lowest BCUT2D eigenvalue weighted by molar-refractivity contribution is -0.946. The average Bonchev–Trinajstić information content (AvgIpc) is 3.59. The van der Waals surface area contributed by atoms with Crippen LogP contribution in [0.15, 0.2) is 59.4 Å². The van der Waals surface area contributed by atoms with Gasteiger partial charge in [0.15, 0.2) is 0 Å². The van der Waals surface area contributed by atoms with Crippen molar-refractivity contribution in [1.82, 2.24) is 10.3 Å². The Balaban J connectivity index is 0.982. The van der Waals surface area contributed by atoms with Crippen LogP contribution in [0.3, 0.4) is 0 Å². The number of quaternary nitrogens is 1. The third-order valence-electron chi connectivity index (χ3n) is 10.7. The highest BCUT2D eigenvalue weighted by Gasteiger charge is 2.48. The number of aromatic hydroxyl groups is 1. The molecule has 4 heterocycles. The highest BCUT2D eigenvalue weighted by molar-refractivity contribution is 5.87. The van der Waals surface area contributed by atoms with Crippen LogP contribution in [0.25, 0.3) is 10.9 Å². The smallest absolute Gasteiger partial charge is 0.248 e. The number of nitrogens with zero attached hydrogens (tertiary/aromatic N) is 1. The highest BCUT2D eigenvalue weighted by atomic mass is 16.5. The fraction of sp³-hybridized carbons (Fsp3) is 0.571. The molecule has 43 heavy (non-hydrogen) atoms. The molecule has 232 valence electrons. The molecule has 8 nitrogen and oxygen atoms in total. The van der Waals surface area contributed by atoms with E-state index in [-0.39, 0.29) is 23.3 Å². The lowest BCUT2D eigenvalue weighted by atomic mass is 9.80. The van der Waals surface area contributed by atoms with Crippen molar-refractivity contribution >= 4 is 10.9 Å². The molecule has 2 bridgehead atoms. The number of piperidine rings is 3. The maximum Gasteiger partial charge on any atom is 0.248 e. The molecule has 1 unspecified atom stereocenters. The Morgan fingerprint density at radius 1 is 1.00 bits per heavy atom. The summed E-state index contributed by atoms with van der Waals surface area (Å²) in [7, 11) is 0. The standard InChI is InChI=1S/C35H47N3O5/c39-30-14-12-28(29-13-15-33(41)37-34(29)30)31(40)22-36-18-6-7-19-38-20-16-25(17-21-38)32(23-38)43-24-35(42,27-10-4-5-11-27)26-8-2-1-3-9-26/h1-3,8-9,12-15,25,27,31-32,36,40,42H,4-7,10-11,16-24H2,(H-,37,39,41)/p+1/t25?,31-,32-,35?,38?/m0/s1. The molecule has 1 aliphatic carbocycles. The number of aromatic nitrogens is 1. The van der Waals surface area contributed by atoms with E-state index >= 15 is 0 Å².